The number of halogens is 2. The Bertz CT molecular complexity index is 1270. The van der Waals surface area contributed by atoms with Crippen molar-refractivity contribution in [2.24, 2.45) is 13.0 Å². The highest BCUT2D eigenvalue weighted by Crippen LogP contribution is 2.36. The zero-order valence-electron chi connectivity index (χ0n) is 21.5. The van der Waals surface area contributed by atoms with Crippen LogP contribution in [0.25, 0.3) is 11.4 Å². The van der Waals surface area contributed by atoms with Crippen LogP contribution < -0.4 is 10.8 Å². The van der Waals surface area contributed by atoms with Crippen molar-refractivity contribution in [1.82, 2.24) is 19.7 Å². The van der Waals surface area contributed by atoms with Crippen LogP contribution in [0.5, 0.6) is 0 Å². The van der Waals surface area contributed by atoms with Crippen molar-refractivity contribution in [2.75, 3.05) is 18.4 Å². The minimum atomic E-state index is -2.39. The number of nitrogens with one attached hydrogen (secondary N) is 1. The number of likely N-dealkylation sites (tertiary alicyclic amines) is 1. The maximum absolute atomic E-state index is 12.7. The molecule has 1 N–H and O–H groups in total. The second-order valence-electron chi connectivity index (χ2n) is 10.6. The number of carbonyl (C=O) groups excluding carboxylic acids is 1. The number of anilines is 2. The van der Waals surface area contributed by atoms with Gasteiger partial charge >= 0.3 is 7.12 Å². The Balaban J connectivity index is 1.23. The molecule has 0 saturated carbocycles. The second kappa shape index (κ2) is 9.22. The van der Waals surface area contributed by atoms with E-state index in [2.05, 4.69) is 15.4 Å². The van der Waals surface area contributed by atoms with E-state index in [9.17, 15) is 13.6 Å². The Morgan fingerprint density at radius 1 is 1.03 bits per heavy atom. The zero-order chi connectivity index (χ0) is 26.5. The molecule has 11 heteroatoms. The SMILES string of the molecule is Cn1nc(-c2ccc(C(=O)N3CC(C(F)F)C3)cc2)nc1Nc1ccc(B2OC(C)(C)C(C)(C)O2)cc1. The number of hydrogen-bond acceptors (Lipinski definition) is 6. The van der Waals surface area contributed by atoms with E-state index >= 15 is 0 Å². The van der Waals surface area contributed by atoms with Gasteiger partial charge in [0.15, 0.2) is 5.82 Å². The molecule has 0 bridgehead atoms. The molecular formula is C26H30BF2N5O3. The summed E-state index contributed by atoms with van der Waals surface area (Å²) >= 11 is 0. The van der Waals surface area contributed by atoms with Crippen molar-refractivity contribution in [3.8, 4) is 11.4 Å². The maximum Gasteiger partial charge on any atom is 0.494 e. The fraction of sp³-hybridized carbons (Fsp3) is 0.423. The number of rotatable bonds is 6. The van der Waals surface area contributed by atoms with Crippen LogP contribution in [0.2, 0.25) is 0 Å². The molecule has 5 rings (SSSR count). The molecule has 1 aromatic heterocycles. The summed E-state index contributed by atoms with van der Waals surface area (Å²) in [6, 6.07) is 14.6. The average molecular weight is 509 g/mol. The molecule has 2 aliphatic heterocycles. The summed E-state index contributed by atoms with van der Waals surface area (Å²) < 4.78 is 39.3. The number of aryl methyl sites for hydroxylation is 1. The van der Waals surface area contributed by atoms with Crippen molar-refractivity contribution >= 4 is 30.1 Å². The molecule has 0 unspecified atom stereocenters. The number of nitrogens with zero attached hydrogens (tertiary/aromatic N) is 4. The topological polar surface area (TPSA) is 81.5 Å². The van der Waals surface area contributed by atoms with E-state index in [4.69, 9.17) is 9.31 Å². The highest BCUT2D eigenvalue weighted by atomic mass is 19.3. The average Bonchev–Trinajstić information content (AvgIpc) is 3.27. The number of hydrogen-bond donors (Lipinski definition) is 1. The van der Waals surface area contributed by atoms with E-state index in [1.165, 1.54) is 4.90 Å². The van der Waals surface area contributed by atoms with Gasteiger partial charge in [-0.05, 0) is 57.4 Å². The molecule has 0 aliphatic carbocycles. The van der Waals surface area contributed by atoms with E-state index < -0.39 is 30.7 Å². The lowest BCUT2D eigenvalue weighted by molar-refractivity contribution is -0.0152. The minimum absolute atomic E-state index is 0.0900. The van der Waals surface area contributed by atoms with Crippen LogP contribution in [0.4, 0.5) is 20.4 Å². The van der Waals surface area contributed by atoms with Gasteiger partial charge in [0.05, 0.1) is 17.1 Å². The Morgan fingerprint density at radius 2 is 1.62 bits per heavy atom. The molecule has 2 aliphatic rings. The Morgan fingerprint density at radius 3 is 2.19 bits per heavy atom. The van der Waals surface area contributed by atoms with Gasteiger partial charge in [0, 0.05) is 37.0 Å². The monoisotopic (exact) mass is 509 g/mol. The van der Waals surface area contributed by atoms with Crippen LogP contribution in [-0.4, -0.2) is 63.4 Å². The van der Waals surface area contributed by atoms with E-state index in [0.29, 0.717) is 17.3 Å². The first-order valence-electron chi connectivity index (χ1n) is 12.2. The lowest BCUT2D eigenvalue weighted by Crippen LogP contribution is -2.52. The third-order valence-corrected chi connectivity index (χ3v) is 7.40. The van der Waals surface area contributed by atoms with Gasteiger partial charge < -0.3 is 19.5 Å². The van der Waals surface area contributed by atoms with Gasteiger partial charge in [0.1, 0.15) is 0 Å². The van der Waals surface area contributed by atoms with Gasteiger partial charge in [0.25, 0.3) is 5.91 Å². The molecule has 37 heavy (non-hydrogen) atoms. The second-order valence-corrected chi connectivity index (χ2v) is 10.6. The van der Waals surface area contributed by atoms with E-state index in [-0.39, 0.29) is 19.0 Å². The molecule has 0 spiro atoms. The van der Waals surface area contributed by atoms with Gasteiger partial charge in [-0.15, -0.1) is 5.10 Å². The maximum atomic E-state index is 12.7. The first kappa shape index (κ1) is 25.3. The molecule has 3 aromatic rings. The number of amides is 1. The van der Waals surface area contributed by atoms with Crippen LogP contribution in [0.3, 0.4) is 0 Å². The molecule has 1 amide bonds. The van der Waals surface area contributed by atoms with Crippen molar-refractivity contribution in [3.63, 3.8) is 0 Å². The molecule has 2 saturated heterocycles. The molecule has 2 fully saturated rings. The number of aromatic nitrogens is 3. The van der Waals surface area contributed by atoms with Crippen molar-refractivity contribution in [1.29, 1.82) is 0 Å². The summed E-state index contributed by atoms with van der Waals surface area (Å²) in [5, 5.41) is 7.75. The lowest BCUT2D eigenvalue weighted by Gasteiger charge is -2.38. The third kappa shape index (κ3) is 4.85. The van der Waals surface area contributed by atoms with Gasteiger partial charge in [-0.2, -0.15) is 4.98 Å². The van der Waals surface area contributed by atoms with Crippen LogP contribution in [0.1, 0.15) is 38.1 Å². The van der Waals surface area contributed by atoms with Gasteiger partial charge in [-0.1, -0.05) is 24.3 Å². The largest absolute Gasteiger partial charge is 0.494 e. The Kier molecular flexibility index (Phi) is 6.31. The summed E-state index contributed by atoms with van der Waals surface area (Å²) in [4.78, 5) is 18.5. The smallest absolute Gasteiger partial charge is 0.399 e. The highest BCUT2D eigenvalue weighted by Gasteiger charge is 2.51. The molecule has 194 valence electrons. The highest BCUT2D eigenvalue weighted by molar-refractivity contribution is 6.62. The van der Waals surface area contributed by atoms with E-state index in [1.807, 2.05) is 52.0 Å². The van der Waals surface area contributed by atoms with Crippen LogP contribution in [-0.2, 0) is 16.4 Å². The van der Waals surface area contributed by atoms with E-state index in [1.54, 1.807) is 36.0 Å². The molecule has 3 heterocycles. The van der Waals surface area contributed by atoms with Crippen molar-refractivity contribution in [2.45, 2.75) is 45.3 Å². The summed E-state index contributed by atoms with van der Waals surface area (Å²) in [6.07, 6.45) is -2.39. The van der Waals surface area contributed by atoms with E-state index in [0.717, 1.165) is 16.7 Å². The predicted octanol–water partition coefficient (Wildman–Crippen LogP) is 3.86. The standard InChI is InChI=1S/C26H30BF2N5O3/c1-25(2)26(3,4)37-27(36-25)19-10-12-20(13-11-19)30-24-31-22(32-33(24)5)16-6-8-17(9-7-16)23(35)34-14-18(15-34)21(28)29/h6-13,18,21H,14-15H2,1-5H3,(H,30,31,32). The molecular weight excluding hydrogens is 479 g/mol. The number of carbonyl (C=O) groups is 1. The minimum Gasteiger partial charge on any atom is -0.399 e. The van der Waals surface area contributed by atoms with Gasteiger partial charge in [0.2, 0.25) is 12.4 Å². The lowest BCUT2D eigenvalue weighted by atomic mass is 9.79. The fourth-order valence-electron chi connectivity index (χ4n) is 4.23. The number of benzene rings is 2. The quantitative estimate of drug-likeness (QED) is 0.509. The first-order valence-corrected chi connectivity index (χ1v) is 12.2. The number of alkyl halides is 2. The summed E-state index contributed by atoms with van der Waals surface area (Å²) in [5.41, 5.74) is 2.15. The molecule has 2 aromatic carbocycles. The normalized spacial score (nSPS) is 18.8. The van der Waals surface area contributed by atoms with Gasteiger partial charge in [-0.25, -0.2) is 13.5 Å². The molecule has 0 radical (unpaired) electrons. The third-order valence-electron chi connectivity index (χ3n) is 7.40. The zero-order valence-corrected chi connectivity index (χ0v) is 21.5. The van der Waals surface area contributed by atoms with Crippen LogP contribution in [0, 0.1) is 5.92 Å². The summed E-state index contributed by atoms with van der Waals surface area (Å²) in [6.45, 7) is 8.28. The summed E-state index contributed by atoms with van der Waals surface area (Å²) in [7, 11) is 1.36. The molecule has 0 atom stereocenters. The van der Waals surface area contributed by atoms with Crippen LogP contribution >= 0.6 is 0 Å². The van der Waals surface area contributed by atoms with Gasteiger partial charge in [-0.3, -0.25) is 4.79 Å². The first-order chi connectivity index (χ1) is 17.4. The Labute approximate surface area is 215 Å². The molecule has 8 nitrogen and oxygen atoms in total. The van der Waals surface area contributed by atoms with Crippen molar-refractivity contribution in [3.05, 3.63) is 54.1 Å². The summed E-state index contributed by atoms with van der Waals surface area (Å²) in [5.74, 6) is 0.0761. The van der Waals surface area contributed by atoms with Crippen molar-refractivity contribution < 1.29 is 22.9 Å². The van der Waals surface area contributed by atoms with Crippen LogP contribution in [0.15, 0.2) is 48.5 Å². The predicted molar refractivity (Wildman–Crippen MR) is 137 cm³/mol. The fourth-order valence-corrected chi connectivity index (χ4v) is 4.23. The Hall–Kier alpha value is -3.31.